The lowest BCUT2D eigenvalue weighted by Gasteiger charge is -2.37. The zero-order chi connectivity index (χ0) is 23.3. The number of halogens is 1. The van der Waals surface area contributed by atoms with Crippen molar-refractivity contribution in [3.8, 4) is 0 Å². The van der Waals surface area contributed by atoms with E-state index < -0.39 is 16.1 Å². The van der Waals surface area contributed by atoms with Crippen molar-refractivity contribution in [2.45, 2.75) is 36.9 Å². The Bertz CT molecular complexity index is 1270. The van der Waals surface area contributed by atoms with E-state index in [0.29, 0.717) is 49.9 Å². The van der Waals surface area contributed by atoms with Crippen molar-refractivity contribution in [1.82, 2.24) is 14.2 Å². The van der Waals surface area contributed by atoms with E-state index in [4.69, 9.17) is 16.6 Å². The van der Waals surface area contributed by atoms with Crippen LogP contribution >= 0.6 is 34.3 Å². The summed E-state index contributed by atoms with van der Waals surface area (Å²) in [4.78, 5) is 22.1. The molecule has 2 aliphatic rings. The van der Waals surface area contributed by atoms with Gasteiger partial charge in [0, 0.05) is 32.7 Å². The fourth-order valence-electron chi connectivity index (χ4n) is 4.46. The maximum atomic E-state index is 13.3. The summed E-state index contributed by atoms with van der Waals surface area (Å²) in [5.74, 6) is -0.103. The van der Waals surface area contributed by atoms with Crippen LogP contribution in [0.15, 0.2) is 28.5 Å². The van der Waals surface area contributed by atoms with Crippen LogP contribution in [0.2, 0.25) is 4.34 Å². The summed E-state index contributed by atoms with van der Waals surface area (Å²) in [6, 6.07) is 6.76. The number of carbonyl (C=O) groups excluding carboxylic acids is 1. The van der Waals surface area contributed by atoms with Gasteiger partial charge in [-0.25, -0.2) is 13.4 Å². The minimum absolute atomic E-state index is 0.103. The monoisotopic (exact) mass is 524 g/mol. The van der Waals surface area contributed by atoms with Crippen molar-refractivity contribution >= 4 is 65.6 Å². The second kappa shape index (κ2) is 8.81. The molecule has 7 nitrogen and oxygen atoms in total. The molecule has 0 saturated carbocycles. The standard InChI is InChI=1S/C22H25ClN4O3S3/c1-14-12-16-18(13-15(14)2)31-22(24-16)26-10-8-25(9-11-26)21(28)17-4-3-7-27(17)33(29,30)20-6-5-19(23)32-20/h5-6,12-13,17H,3-4,7-11H2,1-2H3. The van der Waals surface area contributed by atoms with Crippen molar-refractivity contribution in [2.75, 3.05) is 37.6 Å². The van der Waals surface area contributed by atoms with E-state index in [1.54, 1.807) is 22.3 Å². The summed E-state index contributed by atoms with van der Waals surface area (Å²) in [5, 5.41) is 0.974. The number of thiazole rings is 1. The van der Waals surface area contributed by atoms with Crippen LogP contribution in [-0.2, 0) is 14.8 Å². The van der Waals surface area contributed by atoms with Crippen LogP contribution in [0.3, 0.4) is 0 Å². The largest absolute Gasteiger partial charge is 0.345 e. The maximum absolute atomic E-state index is 13.3. The molecule has 1 unspecified atom stereocenters. The number of rotatable bonds is 4. The number of carbonyl (C=O) groups is 1. The Morgan fingerprint density at radius 2 is 1.79 bits per heavy atom. The Labute approximate surface area is 206 Å². The van der Waals surface area contributed by atoms with Gasteiger partial charge in [0.25, 0.3) is 10.0 Å². The summed E-state index contributed by atoms with van der Waals surface area (Å²) in [7, 11) is -3.73. The first-order valence-corrected chi connectivity index (χ1v) is 14.4. The van der Waals surface area contributed by atoms with E-state index in [1.165, 1.54) is 26.2 Å². The molecule has 11 heteroatoms. The molecule has 2 fully saturated rings. The smallest absolute Gasteiger partial charge is 0.253 e. The minimum atomic E-state index is -3.73. The lowest BCUT2D eigenvalue weighted by Crippen LogP contribution is -2.54. The minimum Gasteiger partial charge on any atom is -0.345 e. The average molecular weight is 525 g/mol. The van der Waals surface area contributed by atoms with Gasteiger partial charge in [-0.3, -0.25) is 4.79 Å². The number of hydrogen-bond donors (Lipinski definition) is 0. The number of aryl methyl sites for hydroxylation is 2. The molecule has 0 N–H and O–H groups in total. The maximum Gasteiger partial charge on any atom is 0.253 e. The number of anilines is 1. The third-order valence-corrected chi connectivity index (χ3v) is 11.1. The molecule has 0 bridgehead atoms. The van der Waals surface area contributed by atoms with Gasteiger partial charge in [0.05, 0.1) is 14.6 Å². The third-order valence-electron chi connectivity index (χ3n) is 6.45. The van der Waals surface area contributed by atoms with Gasteiger partial charge >= 0.3 is 0 Å². The lowest BCUT2D eigenvalue weighted by molar-refractivity contribution is -0.134. The van der Waals surface area contributed by atoms with E-state index in [1.807, 2.05) is 0 Å². The molecule has 5 rings (SSSR count). The molecular weight excluding hydrogens is 500 g/mol. The molecule has 0 spiro atoms. The third kappa shape index (κ3) is 4.27. The molecule has 2 aliphatic heterocycles. The Balaban J connectivity index is 1.27. The molecule has 2 saturated heterocycles. The Kier molecular flexibility index (Phi) is 6.15. The quantitative estimate of drug-likeness (QED) is 0.513. The van der Waals surface area contributed by atoms with Crippen LogP contribution in [0.25, 0.3) is 10.2 Å². The molecule has 33 heavy (non-hydrogen) atoms. The van der Waals surface area contributed by atoms with Crippen LogP contribution in [0.4, 0.5) is 5.13 Å². The lowest BCUT2D eigenvalue weighted by atomic mass is 10.1. The Morgan fingerprint density at radius 1 is 1.06 bits per heavy atom. The van der Waals surface area contributed by atoms with Gasteiger partial charge < -0.3 is 9.80 Å². The molecule has 0 aliphatic carbocycles. The summed E-state index contributed by atoms with van der Waals surface area (Å²) >= 11 is 8.66. The molecule has 2 aromatic heterocycles. The first-order valence-electron chi connectivity index (χ1n) is 10.9. The van der Waals surface area contributed by atoms with Gasteiger partial charge in [-0.1, -0.05) is 22.9 Å². The van der Waals surface area contributed by atoms with Crippen LogP contribution < -0.4 is 4.90 Å². The highest BCUT2D eigenvalue weighted by molar-refractivity contribution is 7.91. The predicted octanol–water partition coefficient (Wildman–Crippen LogP) is 4.13. The number of sulfonamides is 1. The fourth-order valence-corrected chi connectivity index (χ4v) is 8.82. The van der Waals surface area contributed by atoms with E-state index in [0.717, 1.165) is 22.0 Å². The first kappa shape index (κ1) is 23.0. The topological polar surface area (TPSA) is 73.8 Å². The second-order valence-electron chi connectivity index (χ2n) is 8.55. The van der Waals surface area contributed by atoms with Crippen molar-refractivity contribution in [3.63, 3.8) is 0 Å². The summed E-state index contributed by atoms with van der Waals surface area (Å²) in [6.45, 7) is 7.05. The van der Waals surface area contributed by atoms with Crippen molar-refractivity contribution < 1.29 is 13.2 Å². The number of aromatic nitrogens is 1. The zero-order valence-electron chi connectivity index (χ0n) is 18.5. The highest BCUT2D eigenvalue weighted by Gasteiger charge is 2.42. The van der Waals surface area contributed by atoms with Crippen LogP contribution in [0.1, 0.15) is 24.0 Å². The number of benzene rings is 1. The second-order valence-corrected chi connectivity index (χ2v) is 13.4. The summed E-state index contributed by atoms with van der Waals surface area (Å²) in [5.41, 5.74) is 3.50. The van der Waals surface area contributed by atoms with Crippen LogP contribution in [-0.4, -0.2) is 67.3 Å². The van der Waals surface area contributed by atoms with Gasteiger partial charge in [0.1, 0.15) is 10.3 Å². The van der Waals surface area contributed by atoms with Gasteiger partial charge in [-0.15, -0.1) is 11.3 Å². The van der Waals surface area contributed by atoms with Gasteiger partial charge in [-0.2, -0.15) is 4.31 Å². The number of hydrogen-bond acceptors (Lipinski definition) is 7. The highest BCUT2D eigenvalue weighted by Crippen LogP contribution is 2.34. The first-order chi connectivity index (χ1) is 15.7. The van der Waals surface area contributed by atoms with Crippen LogP contribution in [0.5, 0.6) is 0 Å². The Morgan fingerprint density at radius 3 is 2.48 bits per heavy atom. The molecule has 3 aromatic rings. The van der Waals surface area contributed by atoms with Crippen molar-refractivity contribution in [3.05, 3.63) is 39.7 Å². The SMILES string of the molecule is Cc1cc2nc(N3CCN(C(=O)C4CCCN4S(=O)(=O)c4ccc(Cl)s4)CC3)sc2cc1C. The van der Waals surface area contributed by atoms with E-state index >= 15 is 0 Å². The zero-order valence-corrected chi connectivity index (χ0v) is 21.7. The average Bonchev–Trinajstić information content (AvgIpc) is 3.53. The molecule has 1 aromatic carbocycles. The molecular formula is C22H25ClN4O3S3. The highest BCUT2D eigenvalue weighted by atomic mass is 35.5. The Hall–Kier alpha value is -1.72. The normalized spacial score (nSPS) is 20.2. The fraction of sp³-hybridized carbons (Fsp3) is 0.455. The summed E-state index contributed by atoms with van der Waals surface area (Å²) in [6.07, 6.45) is 1.23. The summed E-state index contributed by atoms with van der Waals surface area (Å²) < 4.78 is 29.4. The van der Waals surface area contributed by atoms with E-state index in [-0.39, 0.29) is 10.1 Å². The van der Waals surface area contributed by atoms with E-state index in [9.17, 15) is 13.2 Å². The van der Waals surface area contributed by atoms with Gasteiger partial charge in [-0.05, 0) is 62.1 Å². The molecule has 1 amide bonds. The van der Waals surface area contributed by atoms with E-state index in [2.05, 4.69) is 30.9 Å². The number of thiophene rings is 1. The van der Waals surface area contributed by atoms with Gasteiger partial charge in [0.15, 0.2) is 5.13 Å². The number of amides is 1. The molecule has 1 atom stereocenters. The molecule has 0 radical (unpaired) electrons. The number of fused-ring (bicyclic) bond motifs is 1. The van der Waals surface area contributed by atoms with Crippen molar-refractivity contribution in [2.24, 2.45) is 0 Å². The number of piperazine rings is 1. The van der Waals surface area contributed by atoms with Crippen LogP contribution in [0, 0.1) is 13.8 Å². The van der Waals surface area contributed by atoms with Crippen molar-refractivity contribution in [1.29, 1.82) is 0 Å². The van der Waals surface area contributed by atoms with Gasteiger partial charge in [0.2, 0.25) is 5.91 Å². The molecule has 176 valence electrons. The molecule has 4 heterocycles. The predicted molar refractivity (Wildman–Crippen MR) is 134 cm³/mol. The number of nitrogens with zero attached hydrogens (tertiary/aromatic N) is 4.